The zero-order chi connectivity index (χ0) is 21.3. The molecule has 3 rings (SSSR count). The molecule has 0 saturated heterocycles. The largest absolute Gasteiger partial charge is 0.497 e. The average Bonchev–Trinajstić information content (AvgIpc) is 3.15. The third-order valence-corrected chi connectivity index (χ3v) is 4.71. The summed E-state index contributed by atoms with van der Waals surface area (Å²) in [4.78, 5) is 28.6. The highest BCUT2D eigenvalue weighted by Crippen LogP contribution is 2.36. The van der Waals surface area contributed by atoms with Crippen molar-refractivity contribution in [2.45, 2.75) is 6.92 Å². The minimum Gasteiger partial charge on any atom is -0.497 e. The number of benzene rings is 2. The lowest BCUT2D eigenvalue weighted by molar-refractivity contribution is -0.118. The number of carbonyl (C=O) groups excluding carboxylic acids is 2. The van der Waals surface area contributed by atoms with Gasteiger partial charge in [0.15, 0.2) is 11.7 Å². The number of hydrogen-bond acceptors (Lipinski definition) is 7. The van der Waals surface area contributed by atoms with Crippen molar-refractivity contribution in [2.24, 2.45) is 0 Å². The second-order valence-corrected chi connectivity index (χ2v) is 6.92. The minimum atomic E-state index is -0.606. The van der Waals surface area contributed by atoms with Crippen LogP contribution in [0.2, 0.25) is 0 Å². The number of nitrogens with one attached hydrogen (secondary N) is 2. The number of methoxy groups -OCH3 is 1. The van der Waals surface area contributed by atoms with Gasteiger partial charge in [-0.05, 0) is 19.1 Å². The normalized spacial score (nSPS) is 10.2. The molecule has 1 heterocycles. The summed E-state index contributed by atoms with van der Waals surface area (Å²) in [5.41, 5.74) is 1.34. The van der Waals surface area contributed by atoms with Gasteiger partial charge < -0.3 is 19.5 Å². The van der Waals surface area contributed by atoms with Crippen molar-refractivity contribution in [1.29, 1.82) is 0 Å². The second kappa shape index (κ2) is 10.3. The molecule has 3 aromatic rings. The highest BCUT2D eigenvalue weighted by molar-refractivity contribution is 7.20. The molecule has 1 aromatic heterocycles. The quantitative estimate of drug-likeness (QED) is 0.553. The Labute approximate surface area is 177 Å². The number of ether oxygens (including phenoxy) is 3. The van der Waals surface area contributed by atoms with Crippen LogP contribution in [-0.2, 0) is 9.53 Å². The molecule has 30 heavy (non-hydrogen) atoms. The Morgan fingerprint density at radius 3 is 2.53 bits per heavy atom. The first-order chi connectivity index (χ1) is 14.6. The van der Waals surface area contributed by atoms with Crippen LogP contribution in [0.5, 0.6) is 11.5 Å². The monoisotopic (exact) mass is 427 g/mol. The van der Waals surface area contributed by atoms with E-state index in [1.165, 1.54) is 0 Å². The molecule has 0 spiro atoms. The molecule has 2 aromatic carbocycles. The van der Waals surface area contributed by atoms with Crippen molar-refractivity contribution in [3.63, 3.8) is 0 Å². The second-order valence-electron chi connectivity index (χ2n) is 5.92. The van der Waals surface area contributed by atoms with Gasteiger partial charge >= 0.3 is 6.09 Å². The molecule has 0 atom stereocenters. The van der Waals surface area contributed by atoms with E-state index in [0.717, 1.165) is 16.9 Å². The van der Waals surface area contributed by atoms with Crippen LogP contribution >= 0.6 is 11.3 Å². The maximum Gasteiger partial charge on any atom is 0.413 e. The Bertz CT molecular complexity index is 1010. The Hall–Kier alpha value is -3.59. The average molecular weight is 427 g/mol. The fourth-order valence-corrected chi connectivity index (χ4v) is 3.40. The number of hydrogen-bond donors (Lipinski definition) is 2. The van der Waals surface area contributed by atoms with Crippen molar-refractivity contribution in [2.75, 3.05) is 31.0 Å². The van der Waals surface area contributed by atoms with Crippen LogP contribution in [0.15, 0.2) is 54.6 Å². The highest BCUT2D eigenvalue weighted by Gasteiger charge is 2.17. The summed E-state index contributed by atoms with van der Waals surface area (Å²) in [5, 5.41) is 6.18. The van der Waals surface area contributed by atoms with Crippen LogP contribution in [0.25, 0.3) is 11.3 Å². The predicted octanol–water partition coefficient (Wildman–Crippen LogP) is 4.40. The van der Waals surface area contributed by atoms with Crippen LogP contribution < -0.4 is 20.1 Å². The van der Waals surface area contributed by atoms with Gasteiger partial charge in [0.25, 0.3) is 5.91 Å². The standard InChI is InChI=1S/C21H21N3O5S/c1-3-28-21(26)24-20-23-18(14-8-5-4-6-9-14)19(30-20)22-17(25)13-29-16-11-7-10-15(12-16)27-2/h4-12H,3,13H2,1-2H3,(H,22,25)(H,23,24,26). The van der Waals surface area contributed by atoms with Crippen molar-refractivity contribution in [1.82, 2.24) is 4.98 Å². The van der Waals surface area contributed by atoms with E-state index in [2.05, 4.69) is 15.6 Å². The van der Waals surface area contributed by atoms with Crippen molar-refractivity contribution < 1.29 is 23.8 Å². The molecular formula is C21H21N3O5S. The maximum absolute atomic E-state index is 12.5. The first-order valence-electron chi connectivity index (χ1n) is 9.15. The van der Waals surface area contributed by atoms with Crippen LogP contribution in [0, 0.1) is 0 Å². The summed E-state index contributed by atoms with van der Waals surface area (Å²) >= 11 is 1.13. The van der Waals surface area contributed by atoms with Crippen LogP contribution in [0.3, 0.4) is 0 Å². The van der Waals surface area contributed by atoms with Crippen LogP contribution in [0.1, 0.15) is 6.92 Å². The number of aromatic nitrogens is 1. The van der Waals surface area contributed by atoms with Gasteiger partial charge in [-0.25, -0.2) is 9.78 Å². The summed E-state index contributed by atoms with van der Waals surface area (Å²) in [6.45, 7) is 1.76. The van der Waals surface area contributed by atoms with Crippen LogP contribution in [0.4, 0.5) is 14.9 Å². The fourth-order valence-electron chi connectivity index (χ4n) is 2.51. The van der Waals surface area contributed by atoms with Gasteiger partial charge in [-0.3, -0.25) is 10.1 Å². The molecule has 156 valence electrons. The number of anilines is 2. The molecule has 2 amide bonds. The van der Waals surface area contributed by atoms with Crippen molar-refractivity contribution in [3.8, 4) is 22.8 Å². The molecule has 0 aliphatic carbocycles. The van der Waals surface area contributed by atoms with E-state index in [1.807, 2.05) is 30.3 Å². The third kappa shape index (κ3) is 5.71. The lowest BCUT2D eigenvalue weighted by atomic mass is 10.2. The summed E-state index contributed by atoms with van der Waals surface area (Å²) < 4.78 is 15.6. The fraction of sp³-hybridized carbons (Fsp3) is 0.190. The molecule has 9 heteroatoms. The number of nitrogens with zero attached hydrogens (tertiary/aromatic N) is 1. The molecule has 0 fully saturated rings. The summed E-state index contributed by atoms with van der Waals surface area (Å²) in [7, 11) is 1.56. The van der Waals surface area contributed by atoms with Gasteiger partial charge in [-0.2, -0.15) is 0 Å². The van der Waals surface area contributed by atoms with E-state index in [-0.39, 0.29) is 19.1 Å². The van der Waals surface area contributed by atoms with Gasteiger partial charge in [-0.1, -0.05) is 47.7 Å². The van der Waals surface area contributed by atoms with Gasteiger partial charge in [-0.15, -0.1) is 0 Å². The van der Waals surface area contributed by atoms with Gasteiger partial charge in [0, 0.05) is 11.6 Å². The van der Waals surface area contributed by atoms with Crippen molar-refractivity contribution >= 4 is 33.5 Å². The van der Waals surface area contributed by atoms with E-state index in [4.69, 9.17) is 14.2 Å². The van der Waals surface area contributed by atoms with Crippen LogP contribution in [-0.4, -0.2) is 37.3 Å². The Kier molecular flexibility index (Phi) is 7.23. The smallest absolute Gasteiger partial charge is 0.413 e. The SMILES string of the molecule is CCOC(=O)Nc1nc(-c2ccccc2)c(NC(=O)COc2cccc(OC)c2)s1. The Morgan fingerprint density at radius 1 is 1.03 bits per heavy atom. The van der Waals surface area contributed by atoms with E-state index in [9.17, 15) is 9.59 Å². The van der Waals surface area contributed by atoms with Gasteiger partial charge in [0.2, 0.25) is 0 Å². The van der Waals surface area contributed by atoms with E-state index in [1.54, 1.807) is 38.3 Å². The van der Waals surface area contributed by atoms with E-state index in [0.29, 0.717) is 27.3 Å². The third-order valence-electron chi connectivity index (χ3n) is 3.82. The predicted molar refractivity (Wildman–Crippen MR) is 115 cm³/mol. The molecule has 0 saturated carbocycles. The lowest BCUT2D eigenvalue weighted by Crippen LogP contribution is -2.20. The molecule has 0 bridgehead atoms. The summed E-state index contributed by atoms with van der Waals surface area (Å²) in [6, 6.07) is 16.3. The first kappa shape index (κ1) is 21.1. The topological polar surface area (TPSA) is 98.8 Å². The maximum atomic E-state index is 12.5. The molecule has 0 radical (unpaired) electrons. The molecule has 0 aliphatic rings. The van der Waals surface area contributed by atoms with Gasteiger partial charge in [0.05, 0.1) is 13.7 Å². The Morgan fingerprint density at radius 2 is 1.80 bits per heavy atom. The molecule has 2 N–H and O–H groups in total. The lowest BCUT2D eigenvalue weighted by Gasteiger charge is -2.08. The number of thiazole rings is 1. The summed E-state index contributed by atoms with van der Waals surface area (Å²) in [6.07, 6.45) is -0.606. The number of carbonyl (C=O) groups is 2. The first-order valence-corrected chi connectivity index (χ1v) is 9.97. The molecule has 8 nitrogen and oxygen atoms in total. The van der Waals surface area contributed by atoms with E-state index < -0.39 is 6.09 Å². The minimum absolute atomic E-state index is 0.195. The number of amides is 2. The molecule has 0 unspecified atom stereocenters. The zero-order valence-electron chi connectivity index (χ0n) is 16.5. The van der Waals surface area contributed by atoms with Crippen molar-refractivity contribution in [3.05, 3.63) is 54.6 Å². The van der Waals surface area contributed by atoms with Gasteiger partial charge in [0.1, 0.15) is 22.2 Å². The summed E-state index contributed by atoms with van der Waals surface area (Å²) in [5.74, 6) is 0.791. The molecular weight excluding hydrogens is 406 g/mol. The highest BCUT2D eigenvalue weighted by atomic mass is 32.1. The Balaban J connectivity index is 1.73. The number of rotatable bonds is 8. The molecule has 0 aliphatic heterocycles. The zero-order valence-corrected chi connectivity index (χ0v) is 17.3. The van der Waals surface area contributed by atoms with E-state index >= 15 is 0 Å².